The number of aryl methyl sites for hydroxylation is 1. The number of rotatable bonds is 6. The van der Waals surface area contributed by atoms with E-state index in [1.54, 1.807) is 4.90 Å². The molecule has 1 amide bonds. The van der Waals surface area contributed by atoms with Crippen LogP contribution in [0, 0.1) is 6.92 Å². The molecule has 3 heterocycles. The monoisotopic (exact) mass is 494 g/mol. The van der Waals surface area contributed by atoms with Crippen LogP contribution in [0.5, 0.6) is 0 Å². The first-order valence-corrected chi connectivity index (χ1v) is 13.7. The minimum absolute atomic E-state index is 0.0186. The second-order valence-electron chi connectivity index (χ2n) is 8.49. The van der Waals surface area contributed by atoms with Gasteiger partial charge in [0.1, 0.15) is 4.83 Å². The number of carbonyl (C=O) groups excluding carboxylic acids is 1. The Kier molecular flexibility index (Phi) is 6.24. The summed E-state index contributed by atoms with van der Waals surface area (Å²) in [4.78, 5) is 16.6. The van der Waals surface area contributed by atoms with Crippen LogP contribution in [0.2, 0.25) is 0 Å². The molecule has 0 spiro atoms. The van der Waals surface area contributed by atoms with Gasteiger partial charge < -0.3 is 4.90 Å². The van der Waals surface area contributed by atoms with Crippen LogP contribution < -0.4 is 0 Å². The third kappa shape index (κ3) is 4.64. The second kappa shape index (κ2) is 9.32. The summed E-state index contributed by atoms with van der Waals surface area (Å²) in [6.07, 6.45) is 0. The molecule has 176 valence electrons. The van der Waals surface area contributed by atoms with E-state index in [1.165, 1.54) is 15.6 Å². The molecule has 0 N–H and O–H groups in total. The number of aromatic nitrogens is 2. The zero-order chi connectivity index (χ0) is 23.7. The van der Waals surface area contributed by atoms with Gasteiger partial charge in [0.05, 0.1) is 22.9 Å². The summed E-state index contributed by atoms with van der Waals surface area (Å²) in [7, 11) is -3.42. The highest BCUT2D eigenvalue weighted by molar-refractivity contribution is 7.88. The summed E-state index contributed by atoms with van der Waals surface area (Å²) in [5.74, 6) is -0.0677. The third-order valence-corrected chi connectivity index (χ3v) is 9.09. The maximum atomic E-state index is 13.2. The topological polar surface area (TPSA) is 75.5 Å². The van der Waals surface area contributed by atoms with E-state index in [9.17, 15) is 13.2 Å². The molecule has 0 saturated carbocycles. The minimum Gasteiger partial charge on any atom is -0.335 e. The number of amides is 1. The molecule has 7 nitrogen and oxygen atoms in total. The van der Waals surface area contributed by atoms with E-state index < -0.39 is 10.0 Å². The molecule has 1 aliphatic heterocycles. The van der Waals surface area contributed by atoms with Gasteiger partial charge in [-0.15, -0.1) is 11.3 Å². The van der Waals surface area contributed by atoms with Crippen molar-refractivity contribution in [3.63, 3.8) is 0 Å². The Hall–Kier alpha value is -3.01. The van der Waals surface area contributed by atoms with Crippen molar-refractivity contribution in [1.82, 2.24) is 19.0 Å². The van der Waals surface area contributed by atoms with Crippen LogP contribution in [0.3, 0.4) is 0 Å². The van der Waals surface area contributed by atoms with Gasteiger partial charge in [0.15, 0.2) is 0 Å². The molecule has 34 heavy (non-hydrogen) atoms. The number of sulfonamides is 1. The fourth-order valence-electron chi connectivity index (χ4n) is 4.28. The number of nitrogens with zero attached hydrogens (tertiary/aromatic N) is 4. The molecule has 4 aromatic rings. The Bertz CT molecular complexity index is 1400. The molecule has 9 heteroatoms. The van der Waals surface area contributed by atoms with Crippen molar-refractivity contribution < 1.29 is 13.2 Å². The summed E-state index contributed by atoms with van der Waals surface area (Å²) >= 11 is 1.45. The number of thiophene rings is 1. The first kappa shape index (κ1) is 22.8. The van der Waals surface area contributed by atoms with Gasteiger partial charge in [0, 0.05) is 31.6 Å². The standard InChI is InChI=1S/C25H26N4O3S2/c1-19-22-16-23(33-25(22)29(26-19)17-20-8-4-2-5-9-20)24(30)27-12-14-28(15-13-27)34(31,32)18-21-10-6-3-7-11-21/h2-11,16H,12-15,17-18H2,1H3. The van der Waals surface area contributed by atoms with Gasteiger partial charge >= 0.3 is 0 Å². The van der Waals surface area contributed by atoms with Crippen LogP contribution in [-0.2, 0) is 22.3 Å². The van der Waals surface area contributed by atoms with E-state index in [4.69, 9.17) is 0 Å². The highest BCUT2D eigenvalue weighted by atomic mass is 32.2. The fourth-order valence-corrected chi connectivity index (χ4v) is 6.93. The van der Waals surface area contributed by atoms with Crippen molar-refractivity contribution >= 4 is 37.5 Å². The molecule has 0 bridgehead atoms. The Morgan fingerprint density at radius 3 is 2.21 bits per heavy atom. The number of carbonyl (C=O) groups is 1. The van der Waals surface area contributed by atoms with Crippen LogP contribution >= 0.6 is 11.3 Å². The Labute approximate surface area is 203 Å². The van der Waals surface area contributed by atoms with E-state index in [1.807, 2.05) is 66.2 Å². The van der Waals surface area contributed by atoms with Crippen molar-refractivity contribution in [2.75, 3.05) is 26.2 Å². The molecular weight excluding hydrogens is 468 g/mol. The van der Waals surface area contributed by atoms with E-state index in [2.05, 4.69) is 17.2 Å². The molecular formula is C25H26N4O3S2. The van der Waals surface area contributed by atoms with E-state index >= 15 is 0 Å². The molecule has 2 aromatic heterocycles. The summed E-state index contributed by atoms with van der Waals surface area (Å²) < 4.78 is 29.1. The summed E-state index contributed by atoms with van der Waals surface area (Å²) in [5, 5.41) is 5.65. The number of hydrogen-bond donors (Lipinski definition) is 0. The quantitative estimate of drug-likeness (QED) is 0.409. The fraction of sp³-hybridized carbons (Fsp3) is 0.280. The predicted molar refractivity (Wildman–Crippen MR) is 134 cm³/mol. The summed E-state index contributed by atoms with van der Waals surface area (Å²) in [6, 6.07) is 21.2. The van der Waals surface area contributed by atoms with Crippen LogP contribution in [0.1, 0.15) is 26.5 Å². The lowest BCUT2D eigenvalue weighted by atomic mass is 10.2. The molecule has 5 rings (SSSR count). The SMILES string of the molecule is Cc1nn(Cc2ccccc2)c2sc(C(=O)N3CCN(S(=O)(=O)Cc4ccccc4)CC3)cc12. The Balaban J connectivity index is 1.27. The predicted octanol–water partition coefficient (Wildman–Crippen LogP) is 3.74. The molecule has 0 radical (unpaired) electrons. The Morgan fingerprint density at radius 2 is 1.56 bits per heavy atom. The van der Waals surface area contributed by atoms with Gasteiger partial charge in [-0.25, -0.2) is 8.42 Å². The van der Waals surface area contributed by atoms with Crippen LogP contribution in [0.15, 0.2) is 66.7 Å². The average Bonchev–Trinajstić information content (AvgIpc) is 3.41. The normalized spacial score (nSPS) is 15.1. The number of benzene rings is 2. The molecule has 2 aromatic carbocycles. The number of fused-ring (bicyclic) bond motifs is 1. The zero-order valence-electron chi connectivity index (χ0n) is 18.9. The smallest absolute Gasteiger partial charge is 0.264 e. The molecule has 1 fully saturated rings. The first-order valence-electron chi connectivity index (χ1n) is 11.2. The number of piperazine rings is 1. The van der Waals surface area contributed by atoms with Gasteiger partial charge in [0.2, 0.25) is 10.0 Å². The molecule has 1 saturated heterocycles. The largest absolute Gasteiger partial charge is 0.335 e. The van der Waals surface area contributed by atoms with Gasteiger partial charge in [0.25, 0.3) is 5.91 Å². The third-order valence-electron chi connectivity index (χ3n) is 6.10. The van der Waals surface area contributed by atoms with Crippen molar-refractivity contribution in [1.29, 1.82) is 0 Å². The van der Waals surface area contributed by atoms with Crippen LogP contribution in [0.4, 0.5) is 0 Å². The van der Waals surface area contributed by atoms with Gasteiger partial charge in [-0.1, -0.05) is 60.7 Å². The maximum absolute atomic E-state index is 13.2. The van der Waals surface area contributed by atoms with E-state index in [0.717, 1.165) is 27.0 Å². The van der Waals surface area contributed by atoms with Crippen molar-refractivity contribution in [3.05, 3.63) is 88.4 Å². The number of hydrogen-bond acceptors (Lipinski definition) is 5. The van der Waals surface area contributed by atoms with Gasteiger partial charge in [-0.05, 0) is 24.1 Å². The molecule has 0 atom stereocenters. The minimum atomic E-state index is -3.42. The summed E-state index contributed by atoms with van der Waals surface area (Å²) in [6.45, 7) is 4.00. The van der Waals surface area contributed by atoms with Crippen LogP contribution in [-0.4, -0.2) is 59.5 Å². The van der Waals surface area contributed by atoms with Gasteiger partial charge in [-0.3, -0.25) is 9.48 Å². The Morgan fingerprint density at radius 1 is 0.941 bits per heavy atom. The van der Waals surface area contributed by atoms with Gasteiger partial charge in [-0.2, -0.15) is 9.40 Å². The lowest BCUT2D eigenvalue weighted by Crippen LogP contribution is -2.50. The van der Waals surface area contributed by atoms with Crippen molar-refractivity contribution in [2.24, 2.45) is 0 Å². The van der Waals surface area contributed by atoms with Crippen molar-refractivity contribution in [2.45, 2.75) is 19.2 Å². The van der Waals surface area contributed by atoms with E-state index in [0.29, 0.717) is 37.6 Å². The first-order chi connectivity index (χ1) is 16.4. The highest BCUT2D eigenvalue weighted by Gasteiger charge is 2.30. The average molecular weight is 495 g/mol. The highest BCUT2D eigenvalue weighted by Crippen LogP contribution is 2.30. The lowest BCUT2D eigenvalue weighted by Gasteiger charge is -2.33. The lowest BCUT2D eigenvalue weighted by molar-refractivity contribution is 0.0702. The maximum Gasteiger partial charge on any atom is 0.264 e. The molecule has 0 unspecified atom stereocenters. The molecule has 0 aliphatic carbocycles. The van der Waals surface area contributed by atoms with Crippen molar-refractivity contribution in [3.8, 4) is 0 Å². The zero-order valence-corrected chi connectivity index (χ0v) is 20.6. The van der Waals surface area contributed by atoms with Crippen LogP contribution in [0.25, 0.3) is 10.2 Å². The van der Waals surface area contributed by atoms with E-state index in [-0.39, 0.29) is 11.7 Å². The second-order valence-corrected chi connectivity index (χ2v) is 11.5. The molecule has 1 aliphatic rings. The summed E-state index contributed by atoms with van der Waals surface area (Å²) in [5.41, 5.74) is 2.82.